The van der Waals surface area contributed by atoms with Crippen molar-refractivity contribution >= 4 is 69.4 Å². The number of nitrogens with zero attached hydrogens (tertiary/aromatic N) is 1. The van der Waals surface area contributed by atoms with Gasteiger partial charge < -0.3 is 82.2 Å². The Hall–Kier alpha value is -7.67. The van der Waals surface area contributed by atoms with E-state index in [1.54, 1.807) is 141 Å². The maximum Gasteiger partial charge on any atom is 0.408 e. The standard InChI is InChI=1S/C67H109N11O18S/c1-36(2)31-45(74-60(87)51(52(81)37(3)4)77-63(89)96-66(15,16)17)56(83)72-44(27-24-30-69-62(68)78-97(90,91)54-39(6)38(5)53-43(40(54)7)28-29-67(18,19)95-53)55(82)73-46(32-42-25-22-21-23-26-42)57(84)76-50(41(8)79)59(86)70-33-49(80)71-47(34-93-64(9,10)11)58(85)75-48(61(88)92-20)35-94-65(12,13)14/h21-23,25-26,36-37,41,44-48,50-52,79,81H,24,27-35H2,1-20H3,(H,70,86)(H,71,80)(H,72,83)(H,73,82)(H,74,87)(H,75,85)(H,76,84)(H,77,89)(H3,68,69,78)/t41-,44+,45-,46-,47-,48-,50-,51-,52+/m0/s1. The van der Waals surface area contributed by atoms with E-state index in [0.29, 0.717) is 40.8 Å². The number of sulfonamides is 1. The molecule has 1 aliphatic rings. The van der Waals surface area contributed by atoms with Crippen molar-refractivity contribution in [1.29, 1.82) is 0 Å². The molecule has 29 nitrogen and oxygen atoms in total. The number of alkyl carbamates (subject to hydrolysis) is 1. The molecule has 1 aliphatic heterocycles. The zero-order valence-electron chi connectivity index (χ0n) is 60.2. The quantitative estimate of drug-likeness (QED) is 0.0211. The van der Waals surface area contributed by atoms with Crippen molar-refractivity contribution in [2.45, 2.75) is 252 Å². The van der Waals surface area contributed by atoms with Gasteiger partial charge in [0, 0.05) is 13.0 Å². The molecule has 0 fully saturated rings. The van der Waals surface area contributed by atoms with Crippen LogP contribution in [0.25, 0.3) is 0 Å². The van der Waals surface area contributed by atoms with Gasteiger partial charge in [-0.15, -0.1) is 0 Å². The van der Waals surface area contributed by atoms with Crippen molar-refractivity contribution in [3.63, 3.8) is 0 Å². The van der Waals surface area contributed by atoms with E-state index in [1.165, 1.54) is 6.92 Å². The van der Waals surface area contributed by atoms with Gasteiger partial charge in [-0.25, -0.2) is 22.7 Å². The van der Waals surface area contributed by atoms with Gasteiger partial charge in [0.2, 0.25) is 47.3 Å². The average Bonchev–Trinajstić information content (AvgIpc) is 0.747. The summed E-state index contributed by atoms with van der Waals surface area (Å²) in [5.41, 5.74) is 6.16. The minimum absolute atomic E-state index is 0.0155. The van der Waals surface area contributed by atoms with Gasteiger partial charge in [-0.3, -0.25) is 38.6 Å². The number of guanidine groups is 1. The molecular formula is C67H109N11O18S. The molecule has 0 aliphatic carbocycles. The Morgan fingerprint density at radius 3 is 1.74 bits per heavy atom. The van der Waals surface area contributed by atoms with E-state index in [1.807, 2.05) is 13.8 Å². The Morgan fingerprint density at radius 2 is 1.20 bits per heavy atom. The second-order valence-electron chi connectivity index (χ2n) is 28.7. The molecule has 0 aromatic heterocycles. The van der Waals surface area contributed by atoms with Gasteiger partial charge in [-0.2, -0.15) is 0 Å². The Morgan fingerprint density at radius 1 is 0.660 bits per heavy atom. The Kier molecular flexibility index (Phi) is 31.2. The number of ether oxygens (including phenoxy) is 5. The third kappa shape index (κ3) is 28.0. The highest BCUT2D eigenvalue weighted by molar-refractivity contribution is 7.90. The fraction of sp³-hybridized carbons (Fsp3) is 0.672. The van der Waals surface area contributed by atoms with Crippen LogP contribution >= 0.6 is 0 Å². The molecule has 9 atom stereocenters. The minimum atomic E-state index is -4.34. The predicted molar refractivity (Wildman–Crippen MR) is 363 cm³/mol. The predicted octanol–water partition coefficient (Wildman–Crippen LogP) is 2.50. The first-order valence-corrected chi connectivity index (χ1v) is 34.1. The molecule has 0 bridgehead atoms. The first kappa shape index (κ1) is 83.6. The molecule has 1 heterocycles. The lowest BCUT2D eigenvalue weighted by Gasteiger charge is -2.35. The number of hydrogen-bond donors (Lipinski definition) is 12. The second-order valence-corrected chi connectivity index (χ2v) is 30.4. The average molecular weight is 1390 g/mol. The number of aliphatic hydroxyl groups is 2. The monoisotopic (exact) mass is 1390 g/mol. The summed E-state index contributed by atoms with van der Waals surface area (Å²) in [5, 5.41) is 42.4. The smallest absolute Gasteiger partial charge is 0.408 e. The molecule has 0 spiro atoms. The van der Waals surface area contributed by atoms with E-state index in [2.05, 4.69) is 52.2 Å². The number of amides is 8. The van der Waals surface area contributed by atoms with Gasteiger partial charge in [0.05, 0.1) is 55.2 Å². The van der Waals surface area contributed by atoms with Crippen molar-refractivity contribution < 1.29 is 85.5 Å². The minimum Gasteiger partial charge on any atom is -0.487 e. The maximum absolute atomic E-state index is 14.9. The SMILES string of the molecule is COC(=O)[C@H](COC(C)(C)C)NC(=O)[C@H](COC(C)(C)C)NC(=O)CNC(=O)[C@@H](NC(=O)[C@H](Cc1ccccc1)NC(=O)[C@@H](CCCN=C(N)NS(=O)(=O)c1c(C)c(C)c2c(c1C)CCC(C)(C)O2)NC(=O)[C@H](CC(C)C)NC(=O)[C@@H](NC(=O)OC(C)(C)C)[C@H](O)C(C)C)[C@H](C)O. The summed E-state index contributed by atoms with van der Waals surface area (Å²) >= 11 is 0. The van der Waals surface area contributed by atoms with E-state index in [9.17, 15) is 61.8 Å². The van der Waals surface area contributed by atoms with E-state index >= 15 is 0 Å². The number of esters is 1. The number of aliphatic imine (C=N–C) groups is 1. The highest BCUT2D eigenvalue weighted by Gasteiger charge is 2.39. The highest BCUT2D eigenvalue weighted by atomic mass is 32.2. The molecule has 0 saturated carbocycles. The number of nitrogens with two attached hydrogens (primary N) is 1. The lowest BCUT2D eigenvalue weighted by Crippen LogP contribution is -2.62. The number of aliphatic hydroxyl groups excluding tert-OH is 2. The van der Waals surface area contributed by atoms with Gasteiger partial charge in [-0.05, 0) is 176 Å². The van der Waals surface area contributed by atoms with E-state index in [0.717, 1.165) is 12.7 Å². The first-order valence-electron chi connectivity index (χ1n) is 32.6. The Bertz CT molecular complexity index is 3210. The zero-order valence-corrected chi connectivity index (χ0v) is 61.0. The number of rotatable bonds is 33. The van der Waals surface area contributed by atoms with Gasteiger partial charge in [0.25, 0.3) is 10.0 Å². The molecule has 546 valence electrons. The number of fused-ring (bicyclic) bond motifs is 1. The van der Waals surface area contributed by atoms with Gasteiger partial charge >= 0.3 is 12.1 Å². The summed E-state index contributed by atoms with van der Waals surface area (Å²) < 4.78 is 58.7. The molecule has 97 heavy (non-hydrogen) atoms. The normalized spacial score (nSPS) is 16.2. The summed E-state index contributed by atoms with van der Waals surface area (Å²) in [5.74, 6) is -8.26. The van der Waals surface area contributed by atoms with Crippen LogP contribution in [0.1, 0.15) is 164 Å². The van der Waals surface area contributed by atoms with Crippen molar-refractivity contribution in [3.05, 3.63) is 58.1 Å². The highest BCUT2D eigenvalue weighted by Crippen LogP contribution is 2.42. The largest absolute Gasteiger partial charge is 0.487 e. The first-order chi connectivity index (χ1) is 44.7. The van der Waals surface area contributed by atoms with E-state index in [-0.39, 0.29) is 56.3 Å². The summed E-state index contributed by atoms with van der Waals surface area (Å²) in [6, 6.07) is -2.33. The molecule has 0 radical (unpaired) electrons. The molecular weight excluding hydrogens is 1280 g/mol. The van der Waals surface area contributed by atoms with E-state index in [4.69, 9.17) is 29.4 Å². The Balaban J connectivity index is 2.03. The molecule has 8 amide bonds. The molecule has 3 rings (SSSR count). The molecule has 30 heteroatoms. The molecule has 2 aromatic rings. The number of nitrogens with one attached hydrogen (secondary N) is 9. The lowest BCUT2D eigenvalue weighted by atomic mass is 9.88. The number of carbonyl (C=O) groups is 9. The molecule has 2 aromatic carbocycles. The van der Waals surface area contributed by atoms with Crippen LogP contribution in [0.15, 0.2) is 40.2 Å². The van der Waals surface area contributed by atoms with Gasteiger partial charge in [0.15, 0.2) is 6.04 Å². The fourth-order valence-corrected chi connectivity index (χ4v) is 11.6. The topological polar surface area (TPSA) is 421 Å². The van der Waals surface area contributed by atoms with Crippen molar-refractivity contribution in [2.24, 2.45) is 22.6 Å². The second kappa shape index (κ2) is 36.2. The fourth-order valence-electron chi connectivity index (χ4n) is 10.0. The van der Waals surface area contributed by atoms with Crippen LogP contribution in [0.4, 0.5) is 4.79 Å². The third-order valence-corrected chi connectivity index (χ3v) is 16.9. The van der Waals surface area contributed by atoms with Crippen molar-refractivity contribution in [2.75, 3.05) is 33.4 Å². The number of carbonyl (C=O) groups excluding carboxylic acids is 9. The number of methoxy groups -OCH3 is 1. The summed E-state index contributed by atoms with van der Waals surface area (Å²) in [4.78, 5) is 130. The molecule has 0 saturated heterocycles. The summed E-state index contributed by atoms with van der Waals surface area (Å²) in [7, 11) is -3.21. The number of hydrogen-bond acceptors (Lipinski definition) is 19. The van der Waals surface area contributed by atoms with E-state index < -0.39 is 159 Å². The van der Waals surface area contributed by atoms with Crippen LogP contribution < -0.4 is 57.7 Å². The van der Waals surface area contributed by atoms with Crippen LogP contribution in [-0.4, -0.2) is 188 Å². The van der Waals surface area contributed by atoms with Crippen LogP contribution in [0, 0.1) is 32.6 Å². The molecule has 0 unspecified atom stereocenters. The lowest BCUT2D eigenvalue weighted by molar-refractivity contribution is -0.149. The summed E-state index contributed by atoms with van der Waals surface area (Å²) in [6.07, 6.45) is -3.52. The van der Waals surface area contributed by atoms with Crippen LogP contribution in [0.2, 0.25) is 0 Å². The third-order valence-electron chi connectivity index (χ3n) is 15.3. The van der Waals surface area contributed by atoms with Gasteiger partial charge in [-0.1, -0.05) is 58.0 Å². The zero-order chi connectivity index (χ0) is 73.9. The Labute approximate surface area is 571 Å². The molecule has 13 N–H and O–H groups in total. The van der Waals surface area contributed by atoms with Crippen LogP contribution in [0.5, 0.6) is 5.75 Å². The maximum atomic E-state index is 14.9. The van der Waals surface area contributed by atoms with Crippen molar-refractivity contribution in [1.82, 2.24) is 47.3 Å². The van der Waals surface area contributed by atoms with Crippen molar-refractivity contribution in [3.8, 4) is 5.75 Å². The summed E-state index contributed by atoms with van der Waals surface area (Å²) in [6.45, 7) is 30.5. The van der Waals surface area contributed by atoms with Crippen LogP contribution in [0.3, 0.4) is 0 Å². The number of benzene rings is 2. The van der Waals surface area contributed by atoms with Gasteiger partial charge in [0.1, 0.15) is 53.2 Å². The van der Waals surface area contributed by atoms with Crippen LogP contribution in [-0.2, 0) is 80.2 Å².